The summed E-state index contributed by atoms with van der Waals surface area (Å²) in [7, 11) is 0. The van der Waals surface area contributed by atoms with Gasteiger partial charge in [0.05, 0.1) is 0 Å². The Morgan fingerprint density at radius 3 is 2.50 bits per heavy atom. The van der Waals surface area contributed by atoms with Gasteiger partial charge in [-0.15, -0.1) is 0 Å². The summed E-state index contributed by atoms with van der Waals surface area (Å²) < 4.78 is 0. The lowest BCUT2D eigenvalue weighted by molar-refractivity contribution is 0.553. The van der Waals surface area contributed by atoms with Gasteiger partial charge in [-0.2, -0.15) is 4.98 Å². The molecular formula is C14H24N4. The van der Waals surface area contributed by atoms with E-state index in [-0.39, 0.29) is 0 Å². The van der Waals surface area contributed by atoms with Gasteiger partial charge in [-0.3, -0.25) is 0 Å². The highest BCUT2D eigenvalue weighted by atomic mass is 15.2. The van der Waals surface area contributed by atoms with Gasteiger partial charge in [-0.1, -0.05) is 19.3 Å². The molecule has 0 amide bonds. The Kier molecular flexibility index (Phi) is 4.79. The van der Waals surface area contributed by atoms with Gasteiger partial charge in [0.15, 0.2) is 0 Å². The van der Waals surface area contributed by atoms with Crippen molar-refractivity contribution in [3.8, 4) is 0 Å². The molecule has 1 aromatic rings. The number of hydrogen-bond acceptors (Lipinski definition) is 4. The minimum Gasteiger partial charge on any atom is -0.356 e. The molecule has 0 atom stereocenters. The molecule has 0 radical (unpaired) electrons. The molecule has 4 heteroatoms. The first kappa shape index (κ1) is 13.1. The van der Waals surface area contributed by atoms with Gasteiger partial charge in [-0.25, -0.2) is 4.98 Å². The number of aromatic nitrogens is 2. The summed E-state index contributed by atoms with van der Waals surface area (Å²) in [6, 6.07) is 0. The smallest absolute Gasteiger partial charge is 0.224 e. The van der Waals surface area contributed by atoms with E-state index in [2.05, 4.69) is 34.0 Å². The van der Waals surface area contributed by atoms with Crippen LogP contribution in [0, 0.1) is 6.92 Å². The van der Waals surface area contributed by atoms with Crippen molar-refractivity contribution in [2.45, 2.75) is 46.0 Å². The van der Waals surface area contributed by atoms with Crippen LogP contribution in [0.5, 0.6) is 0 Å². The molecule has 0 aromatic carbocycles. The van der Waals surface area contributed by atoms with Crippen molar-refractivity contribution in [2.24, 2.45) is 0 Å². The van der Waals surface area contributed by atoms with E-state index in [4.69, 9.17) is 0 Å². The molecule has 0 saturated carbocycles. The van der Waals surface area contributed by atoms with Crippen LogP contribution >= 0.6 is 0 Å². The third-order valence-corrected chi connectivity index (χ3v) is 3.44. The van der Waals surface area contributed by atoms with Crippen molar-refractivity contribution in [1.29, 1.82) is 0 Å². The van der Waals surface area contributed by atoms with Crippen LogP contribution in [0.3, 0.4) is 0 Å². The maximum atomic E-state index is 4.66. The van der Waals surface area contributed by atoms with Crippen molar-refractivity contribution >= 4 is 11.8 Å². The Morgan fingerprint density at radius 1 is 1.17 bits per heavy atom. The molecule has 100 valence electrons. The minimum atomic E-state index is 0.750. The van der Waals surface area contributed by atoms with Crippen molar-refractivity contribution < 1.29 is 0 Å². The zero-order chi connectivity index (χ0) is 12.8. The van der Waals surface area contributed by atoms with Crippen LogP contribution in [0.4, 0.5) is 11.8 Å². The topological polar surface area (TPSA) is 41.1 Å². The van der Waals surface area contributed by atoms with Crippen LogP contribution in [0.2, 0.25) is 0 Å². The number of nitrogens with one attached hydrogen (secondary N) is 1. The summed E-state index contributed by atoms with van der Waals surface area (Å²) in [5.41, 5.74) is 1.18. The summed E-state index contributed by atoms with van der Waals surface area (Å²) >= 11 is 0. The van der Waals surface area contributed by atoms with Gasteiger partial charge in [0.1, 0.15) is 5.82 Å². The van der Waals surface area contributed by atoms with Crippen LogP contribution in [-0.4, -0.2) is 29.6 Å². The van der Waals surface area contributed by atoms with E-state index < -0.39 is 0 Å². The highest BCUT2D eigenvalue weighted by Gasteiger charge is 2.13. The molecule has 2 rings (SSSR count). The van der Waals surface area contributed by atoms with Crippen LogP contribution < -0.4 is 10.2 Å². The fraction of sp³-hybridized carbons (Fsp3) is 0.714. The van der Waals surface area contributed by atoms with Gasteiger partial charge in [0, 0.05) is 31.4 Å². The van der Waals surface area contributed by atoms with Gasteiger partial charge in [-0.05, 0) is 26.7 Å². The van der Waals surface area contributed by atoms with Crippen LogP contribution in [-0.2, 0) is 0 Å². The second-order valence-electron chi connectivity index (χ2n) is 4.99. The zero-order valence-electron chi connectivity index (χ0n) is 11.6. The Labute approximate surface area is 110 Å². The van der Waals surface area contributed by atoms with Gasteiger partial charge in [0.2, 0.25) is 5.95 Å². The summed E-state index contributed by atoms with van der Waals surface area (Å²) in [6.45, 7) is 7.29. The van der Waals surface area contributed by atoms with E-state index in [1.807, 2.05) is 6.20 Å². The van der Waals surface area contributed by atoms with Crippen LogP contribution in [0.25, 0.3) is 0 Å². The Balaban J connectivity index is 2.15. The molecule has 2 heterocycles. The minimum absolute atomic E-state index is 0.750. The highest BCUT2D eigenvalue weighted by Crippen LogP contribution is 2.21. The summed E-state index contributed by atoms with van der Waals surface area (Å²) in [5.74, 6) is 1.86. The standard InChI is InChI=1S/C14H24N4/c1-3-15-14-16-11-12(2)13(17-14)18-9-7-5-4-6-8-10-18/h11H,3-10H2,1-2H3,(H,15,16,17). The van der Waals surface area contributed by atoms with E-state index in [0.717, 1.165) is 31.4 Å². The predicted molar refractivity (Wildman–Crippen MR) is 76.2 cm³/mol. The molecule has 0 aliphatic carbocycles. The zero-order valence-corrected chi connectivity index (χ0v) is 11.6. The van der Waals surface area contributed by atoms with Crippen molar-refractivity contribution in [1.82, 2.24) is 9.97 Å². The molecular weight excluding hydrogens is 224 g/mol. The first-order chi connectivity index (χ1) is 8.81. The first-order valence-corrected chi connectivity index (χ1v) is 7.13. The lowest BCUT2D eigenvalue weighted by Gasteiger charge is -2.27. The number of anilines is 2. The maximum absolute atomic E-state index is 4.66. The molecule has 1 aliphatic rings. The highest BCUT2D eigenvalue weighted by molar-refractivity contribution is 5.48. The van der Waals surface area contributed by atoms with Gasteiger partial charge in [0.25, 0.3) is 0 Å². The molecule has 1 fully saturated rings. The van der Waals surface area contributed by atoms with E-state index in [9.17, 15) is 0 Å². The normalized spacial score (nSPS) is 17.1. The quantitative estimate of drug-likeness (QED) is 0.893. The first-order valence-electron chi connectivity index (χ1n) is 7.13. The average Bonchev–Trinajstić information content (AvgIpc) is 2.32. The molecule has 0 spiro atoms. The summed E-state index contributed by atoms with van der Waals surface area (Å²) in [4.78, 5) is 11.4. The summed E-state index contributed by atoms with van der Waals surface area (Å²) in [6.07, 6.45) is 8.57. The second kappa shape index (κ2) is 6.57. The SMILES string of the molecule is CCNc1ncc(C)c(N2CCCCCCC2)n1. The second-order valence-corrected chi connectivity index (χ2v) is 4.99. The predicted octanol–water partition coefficient (Wildman–Crippen LogP) is 2.99. The van der Waals surface area contributed by atoms with E-state index >= 15 is 0 Å². The molecule has 1 aromatic heterocycles. The summed E-state index contributed by atoms with van der Waals surface area (Å²) in [5, 5.41) is 3.19. The molecule has 1 N–H and O–H groups in total. The third-order valence-electron chi connectivity index (χ3n) is 3.44. The van der Waals surface area contributed by atoms with Gasteiger partial charge >= 0.3 is 0 Å². The lowest BCUT2D eigenvalue weighted by atomic mass is 10.1. The molecule has 0 bridgehead atoms. The monoisotopic (exact) mass is 248 g/mol. The average molecular weight is 248 g/mol. The van der Waals surface area contributed by atoms with Crippen molar-refractivity contribution in [3.63, 3.8) is 0 Å². The molecule has 1 aliphatic heterocycles. The number of aryl methyl sites for hydroxylation is 1. The number of rotatable bonds is 3. The number of nitrogens with zero attached hydrogens (tertiary/aromatic N) is 3. The van der Waals surface area contributed by atoms with E-state index in [1.165, 1.54) is 37.7 Å². The lowest BCUT2D eigenvalue weighted by Crippen LogP contribution is -2.29. The van der Waals surface area contributed by atoms with Crippen molar-refractivity contribution in [3.05, 3.63) is 11.8 Å². The van der Waals surface area contributed by atoms with Crippen LogP contribution in [0.15, 0.2) is 6.20 Å². The van der Waals surface area contributed by atoms with Gasteiger partial charge < -0.3 is 10.2 Å². The largest absolute Gasteiger partial charge is 0.356 e. The Bertz CT molecular complexity index is 370. The fourth-order valence-electron chi connectivity index (χ4n) is 2.46. The Hall–Kier alpha value is -1.32. The maximum Gasteiger partial charge on any atom is 0.224 e. The molecule has 18 heavy (non-hydrogen) atoms. The third kappa shape index (κ3) is 3.34. The van der Waals surface area contributed by atoms with Crippen LogP contribution in [0.1, 0.15) is 44.6 Å². The van der Waals surface area contributed by atoms with E-state index in [1.54, 1.807) is 0 Å². The number of hydrogen-bond donors (Lipinski definition) is 1. The van der Waals surface area contributed by atoms with Crippen molar-refractivity contribution in [2.75, 3.05) is 29.9 Å². The van der Waals surface area contributed by atoms with E-state index in [0.29, 0.717) is 0 Å². The molecule has 0 unspecified atom stereocenters. The fourth-order valence-corrected chi connectivity index (χ4v) is 2.46. The Morgan fingerprint density at radius 2 is 1.83 bits per heavy atom. The molecule has 1 saturated heterocycles. The molecule has 4 nitrogen and oxygen atoms in total.